The molecule has 214 valence electrons. The van der Waals surface area contributed by atoms with Gasteiger partial charge in [0.1, 0.15) is 11.1 Å². The van der Waals surface area contributed by atoms with Crippen LogP contribution in [0.1, 0.15) is 82.2 Å². The van der Waals surface area contributed by atoms with Crippen LogP contribution in [0.25, 0.3) is 21.5 Å². The van der Waals surface area contributed by atoms with Gasteiger partial charge in [0.05, 0.1) is 5.92 Å². The van der Waals surface area contributed by atoms with Gasteiger partial charge in [-0.05, 0) is 69.5 Å². The number of hydrogen-bond acceptors (Lipinski definition) is 3. The SMILES string of the molecule is COC1(O)C2(C)c3ccc4c(CC(C)(C)C)cccc4c3C3=[N+](C=NC4C3c3c(ccc5ccccc35)C4(C)C)C12C. The van der Waals surface area contributed by atoms with Gasteiger partial charge in [-0.3, -0.25) is 0 Å². The largest absolute Gasteiger partial charge is 0.361 e. The summed E-state index contributed by atoms with van der Waals surface area (Å²) in [5.41, 5.74) is 6.47. The fourth-order valence-corrected chi connectivity index (χ4v) is 9.38. The fourth-order valence-electron chi connectivity index (χ4n) is 9.38. The quantitative estimate of drug-likeness (QED) is 0.208. The molecule has 1 saturated carbocycles. The van der Waals surface area contributed by atoms with Gasteiger partial charge in [-0.1, -0.05) is 106 Å². The predicted octanol–water partition coefficient (Wildman–Crippen LogP) is 7.25. The zero-order valence-corrected chi connectivity index (χ0v) is 26.0. The van der Waals surface area contributed by atoms with Gasteiger partial charge in [0, 0.05) is 18.1 Å². The van der Waals surface area contributed by atoms with E-state index in [0.29, 0.717) is 0 Å². The minimum absolute atomic E-state index is 0.0461. The lowest BCUT2D eigenvalue weighted by molar-refractivity contribution is -0.490. The zero-order valence-electron chi connectivity index (χ0n) is 26.0. The summed E-state index contributed by atoms with van der Waals surface area (Å²) in [6.45, 7) is 15.9. The van der Waals surface area contributed by atoms with E-state index in [0.717, 1.165) is 6.42 Å². The molecule has 4 aliphatic rings. The van der Waals surface area contributed by atoms with E-state index in [-0.39, 0.29) is 22.8 Å². The molecule has 0 bridgehead atoms. The Bertz CT molecular complexity index is 1930. The Morgan fingerprint density at radius 2 is 1.57 bits per heavy atom. The number of ether oxygens (including phenoxy) is 1. The molecule has 0 spiro atoms. The third-order valence-electron chi connectivity index (χ3n) is 11.6. The Balaban J connectivity index is 1.51. The third-order valence-corrected chi connectivity index (χ3v) is 11.6. The molecule has 0 amide bonds. The molecule has 5 unspecified atom stereocenters. The summed E-state index contributed by atoms with van der Waals surface area (Å²) >= 11 is 0. The van der Waals surface area contributed by atoms with Crippen molar-refractivity contribution >= 4 is 33.6 Å². The van der Waals surface area contributed by atoms with Crippen LogP contribution >= 0.6 is 0 Å². The molecule has 4 heteroatoms. The van der Waals surface area contributed by atoms with Gasteiger partial charge >= 0.3 is 0 Å². The lowest BCUT2D eigenvalue weighted by atomic mass is 9.73. The summed E-state index contributed by atoms with van der Waals surface area (Å²) in [6.07, 6.45) is 3.02. The second-order valence-electron chi connectivity index (χ2n) is 15.2. The average molecular weight is 558 g/mol. The first-order chi connectivity index (χ1) is 19.8. The van der Waals surface area contributed by atoms with Crippen molar-refractivity contribution in [3.8, 4) is 0 Å². The lowest BCUT2D eigenvalue weighted by Crippen LogP contribution is -2.50. The molecule has 0 saturated heterocycles. The van der Waals surface area contributed by atoms with Crippen molar-refractivity contribution in [1.82, 2.24) is 0 Å². The highest BCUT2D eigenvalue weighted by Crippen LogP contribution is 2.71. The van der Waals surface area contributed by atoms with Crippen molar-refractivity contribution in [3.05, 3.63) is 94.5 Å². The van der Waals surface area contributed by atoms with Crippen LogP contribution < -0.4 is 0 Å². The molecule has 2 aliphatic carbocycles. The van der Waals surface area contributed by atoms with Crippen molar-refractivity contribution in [1.29, 1.82) is 0 Å². The van der Waals surface area contributed by atoms with Gasteiger partial charge in [0.25, 0.3) is 6.34 Å². The number of benzene rings is 4. The number of rotatable bonds is 2. The number of fused-ring (bicyclic) bond motifs is 13. The number of aliphatic imine (C=N–C) groups is 1. The normalized spacial score (nSPS) is 31.9. The topological polar surface area (TPSA) is 44.8 Å². The van der Waals surface area contributed by atoms with Gasteiger partial charge in [-0.15, -0.1) is 0 Å². The van der Waals surface area contributed by atoms with E-state index in [2.05, 4.69) is 120 Å². The van der Waals surface area contributed by atoms with Crippen LogP contribution in [0.4, 0.5) is 0 Å². The number of hydrogen-bond donors (Lipinski definition) is 1. The van der Waals surface area contributed by atoms with Crippen LogP contribution in [0.15, 0.2) is 71.7 Å². The Kier molecular flexibility index (Phi) is 4.87. The smallest absolute Gasteiger partial charge is 0.281 e. The van der Waals surface area contributed by atoms with Gasteiger partial charge in [-0.25, -0.2) is 4.58 Å². The van der Waals surface area contributed by atoms with Crippen molar-refractivity contribution in [2.45, 2.75) is 89.0 Å². The third kappa shape index (κ3) is 2.77. The lowest BCUT2D eigenvalue weighted by Gasteiger charge is -2.35. The van der Waals surface area contributed by atoms with Crippen LogP contribution in [0, 0.1) is 5.41 Å². The second kappa shape index (κ2) is 7.78. The maximum atomic E-state index is 12.3. The molecule has 5 atom stereocenters. The van der Waals surface area contributed by atoms with E-state index in [4.69, 9.17) is 9.73 Å². The molecule has 8 rings (SSSR count). The summed E-state index contributed by atoms with van der Waals surface area (Å²) in [4.78, 5) is 5.34. The van der Waals surface area contributed by atoms with Gasteiger partial charge in [0.15, 0.2) is 11.6 Å². The summed E-state index contributed by atoms with van der Waals surface area (Å²) in [7, 11) is 1.64. The maximum absolute atomic E-state index is 12.3. The molecule has 1 fully saturated rings. The monoisotopic (exact) mass is 557 g/mol. The average Bonchev–Trinajstić information content (AvgIpc) is 3.23. The highest BCUT2D eigenvalue weighted by molar-refractivity contribution is 6.17. The van der Waals surface area contributed by atoms with E-state index < -0.39 is 16.7 Å². The zero-order chi connectivity index (χ0) is 29.6. The van der Waals surface area contributed by atoms with Crippen molar-refractivity contribution in [2.24, 2.45) is 10.4 Å². The fraction of sp³-hybridized carbons (Fsp3) is 0.421. The van der Waals surface area contributed by atoms with E-state index in [1.165, 1.54) is 55.1 Å². The van der Waals surface area contributed by atoms with E-state index in [9.17, 15) is 5.11 Å². The Morgan fingerprint density at radius 3 is 2.31 bits per heavy atom. The second-order valence-corrected chi connectivity index (χ2v) is 15.2. The van der Waals surface area contributed by atoms with Crippen LogP contribution in [-0.2, 0) is 22.0 Å². The molecule has 0 radical (unpaired) electrons. The minimum atomic E-state index is -1.36. The highest BCUT2D eigenvalue weighted by Gasteiger charge is 2.92. The molecule has 1 N–H and O–H groups in total. The van der Waals surface area contributed by atoms with Crippen molar-refractivity contribution in [2.75, 3.05) is 7.11 Å². The van der Waals surface area contributed by atoms with Crippen molar-refractivity contribution < 1.29 is 14.4 Å². The molecule has 42 heavy (non-hydrogen) atoms. The molecule has 4 aromatic rings. The standard InChI is InChI=1S/C38H41N2O2/c1-34(2,3)20-23-13-11-15-26-24(23)17-19-28-30(26)32-31-29-25-14-10-9-12-22(25)16-18-27(29)35(4,5)33(31)39-21-40(32)37(7)36(28,6)38(37,41)42-8/h9-19,21,31,33,41H,20H2,1-8H3/q+1. The van der Waals surface area contributed by atoms with Gasteiger partial charge in [0.2, 0.25) is 5.79 Å². The first-order valence-corrected chi connectivity index (χ1v) is 15.4. The predicted molar refractivity (Wildman–Crippen MR) is 171 cm³/mol. The van der Waals surface area contributed by atoms with Crippen LogP contribution in [0.5, 0.6) is 0 Å². The van der Waals surface area contributed by atoms with Crippen LogP contribution in [0.2, 0.25) is 0 Å². The Hall–Kier alpha value is -3.34. The molecule has 4 nitrogen and oxygen atoms in total. The number of nitrogens with zero attached hydrogens (tertiary/aromatic N) is 2. The summed E-state index contributed by atoms with van der Waals surface area (Å²) < 4.78 is 8.35. The molecule has 0 aromatic heterocycles. The molecule has 2 heterocycles. The van der Waals surface area contributed by atoms with Crippen LogP contribution in [0.3, 0.4) is 0 Å². The van der Waals surface area contributed by atoms with E-state index in [1.54, 1.807) is 7.11 Å². The van der Waals surface area contributed by atoms with Gasteiger partial charge in [-0.2, -0.15) is 0 Å². The molecular weight excluding hydrogens is 516 g/mol. The summed E-state index contributed by atoms with van der Waals surface area (Å²) in [5, 5.41) is 17.4. The molecular formula is C38H41N2O2+. The molecule has 2 aliphatic heterocycles. The minimum Gasteiger partial charge on any atom is -0.361 e. The number of aliphatic hydroxyl groups is 1. The first-order valence-electron chi connectivity index (χ1n) is 15.4. The number of methoxy groups -OCH3 is 1. The van der Waals surface area contributed by atoms with Crippen LogP contribution in [-0.4, -0.2) is 46.2 Å². The van der Waals surface area contributed by atoms with E-state index in [1.807, 2.05) is 6.34 Å². The van der Waals surface area contributed by atoms with E-state index >= 15 is 0 Å². The summed E-state index contributed by atoms with van der Waals surface area (Å²) in [6, 6.07) is 24.8. The highest BCUT2D eigenvalue weighted by atomic mass is 16.6. The Labute approximate surface area is 248 Å². The maximum Gasteiger partial charge on any atom is 0.281 e. The van der Waals surface area contributed by atoms with Gasteiger partial charge < -0.3 is 9.84 Å². The summed E-state index contributed by atoms with van der Waals surface area (Å²) in [5.74, 6) is -1.31. The Morgan fingerprint density at radius 1 is 0.857 bits per heavy atom. The van der Waals surface area contributed by atoms with Crippen molar-refractivity contribution in [3.63, 3.8) is 0 Å². The first kappa shape index (κ1) is 26.3. The molecule has 4 aromatic carbocycles.